The Morgan fingerprint density at radius 3 is 2.58 bits per heavy atom. The molecule has 0 bridgehead atoms. The Bertz CT molecular complexity index is 1300. The maximum Gasteiger partial charge on any atom is 0.305 e. The van der Waals surface area contributed by atoms with Gasteiger partial charge in [-0.05, 0) is 86.6 Å². The zero-order valence-electron chi connectivity index (χ0n) is 21.4. The van der Waals surface area contributed by atoms with E-state index >= 15 is 0 Å². The molecular weight excluding hydrogens is 452 g/mol. The Labute approximate surface area is 212 Å². The number of fused-ring (bicyclic) bond motifs is 1. The van der Waals surface area contributed by atoms with E-state index in [0.29, 0.717) is 26.2 Å². The molecular formula is C29H34N4O3. The molecule has 0 saturated carbocycles. The minimum atomic E-state index is -0.144. The van der Waals surface area contributed by atoms with Crippen LogP contribution < -0.4 is 0 Å². The van der Waals surface area contributed by atoms with Crippen molar-refractivity contribution in [2.45, 2.75) is 66.1 Å². The summed E-state index contributed by atoms with van der Waals surface area (Å²) >= 11 is 0. The normalized spacial score (nSPS) is 11.2. The van der Waals surface area contributed by atoms with Crippen molar-refractivity contribution in [3.63, 3.8) is 0 Å². The first-order valence-electron chi connectivity index (χ1n) is 12.7. The van der Waals surface area contributed by atoms with Crippen LogP contribution in [0.2, 0.25) is 0 Å². The molecule has 0 saturated heterocycles. The van der Waals surface area contributed by atoms with Crippen LogP contribution in [0.15, 0.2) is 55.1 Å². The number of rotatable bonds is 12. The van der Waals surface area contributed by atoms with E-state index in [1.54, 1.807) is 12.4 Å². The second-order valence-electron chi connectivity index (χ2n) is 8.89. The highest BCUT2D eigenvalue weighted by Gasteiger charge is 2.19. The van der Waals surface area contributed by atoms with E-state index in [4.69, 9.17) is 14.6 Å². The van der Waals surface area contributed by atoms with E-state index in [2.05, 4.69) is 42.0 Å². The third-order valence-electron chi connectivity index (χ3n) is 6.21. The average molecular weight is 487 g/mol. The highest BCUT2D eigenvalue weighted by Crippen LogP contribution is 2.33. The van der Waals surface area contributed by atoms with E-state index in [-0.39, 0.29) is 5.97 Å². The smallest absolute Gasteiger partial charge is 0.305 e. The summed E-state index contributed by atoms with van der Waals surface area (Å²) in [5, 5.41) is 5.06. The number of pyridine rings is 2. The number of esters is 1. The van der Waals surface area contributed by atoms with Crippen molar-refractivity contribution in [1.82, 2.24) is 19.6 Å². The number of ether oxygens (including phenoxy) is 2. The van der Waals surface area contributed by atoms with Crippen LogP contribution in [0, 0.1) is 6.92 Å². The van der Waals surface area contributed by atoms with Crippen molar-refractivity contribution in [1.29, 1.82) is 0 Å². The molecule has 7 heteroatoms. The van der Waals surface area contributed by atoms with Crippen LogP contribution in [-0.4, -0.2) is 32.2 Å². The maximum absolute atomic E-state index is 11.9. The van der Waals surface area contributed by atoms with Crippen molar-refractivity contribution < 1.29 is 14.3 Å². The Kier molecular flexibility index (Phi) is 8.79. The van der Waals surface area contributed by atoms with Crippen molar-refractivity contribution in [2.75, 3.05) is 6.61 Å². The molecule has 0 aromatic carbocycles. The lowest BCUT2D eigenvalue weighted by Gasteiger charge is -2.18. The van der Waals surface area contributed by atoms with Crippen LogP contribution in [0.1, 0.15) is 61.2 Å². The SMILES string of the molecule is CCOC(=O)CCCCc1c(COCc2ccncc2)nn2c(CC)ccc2c1-c1cncc(C)c1. The fourth-order valence-corrected chi connectivity index (χ4v) is 4.47. The molecule has 7 nitrogen and oxygen atoms in total. The lowest BCUT2D eigenvalue weighted by atomic mass is 9.94. The van der Waals surface area contributed by atoms with Crippen LogP contribution >= 0.6 is 0 Å². The standard InChI is InChI=1S/C29H34N4O3/c1-4-24-10-11-27-29(23-16-21(3)17-31-18-23)25(8-6-7-9-28(34)36-5-2)26(32-33(24)27)20-35-19-22-12-14-30-15-13-22/h10-18H,4-9,19-20H2,1-3H3. The molecule has 0 spiro atoms. The molecule has 36 heavy (non-hydrogen) atoms. The minimum absolute atomic E-state index is 0.144. The summed E-state index contributed by atoms with van der Waals surface area (Å²) in [5.74, 6) is -0.144. The highest BCUT2D eigenvalue weighted by atomic mass is 16.5. The Hall–Kier alpha value is -3.58. The molecule has 0 fully saturated rings. The molecule has 0 aliphatic heterocycles. The zero-order chi connectivity index (χ0) is 25.3. The first-order chi connectivity index (χ1) is 17.6. The number of aryl methyl sites for hydroxylation is 2. The fourth-order valence-electron chi connectivity index (χ4n) is 4.47. The summed E-state index contributed by atoms with van der Waals surface area (Å²) in [6, 6.07) is 10.4. The summed E-state index contributed by atoms with van der Waals surface area (Å²) < 4.78 is 13.3. The predicted octanol–water partition coefficient (Wildman–Crippen LogP) is 5.65. The first-order valence-corrected chi connectivity index (χ1v) is 12.7. The molecule has 0 N–H and O–H groups in total. The summed E-state index contributed by atoms with van der Waals surface area (Å²) in [4.78, 5) is 20.4. The van der Waals surface area contributed by atoms with Gasteiger partial charge in [0.05, 0.1) is 31.0 Å². The van der Waals surface area contributed by atoms with Gasteiger partial charge >= 0.3 is 5.97 Å². The summed E-state index contributed by atoms with van der Waals surface area (Å²) in [6.07, 6.45) is 11.0. The number of carbonyl (C=O) groups is 1. The highest BCUT2D eigenvalue weighted by molar-refractivity contribution is 5.83. The van der Waals surface area contributed by atoms with Crippen molar-refractivity contribution >= 4 is 11.5 Å². The van der Waals surface area contributed by atoms with E-state index in [1.165, 1.54) is 0 Å². The van der Waals surface area contributed by atoms with Gasteiger partial charge in [-0.2, -0.15) is 5.10 Å². The first kappa shape index (κ1) is 25.5. The van der Waals surface area contributed by atoms with Gasteiger partial charge in [0.1, 0.15) is 0 Å². The van der Waals surface area contributed by atoms with E-state index < -0.39 is 0 Å². The van der Waals surface area contributed by atoms with Gasteiger partial charge < -0.3 is 9.47 Å². The average Bonchev–Trinajstić information content (AvgIpc) is 3.29. The molecule has 0 aliphatic rings. The van der Waals surface area contributed by atoms with Crippen LogP contribution in [0.25, 0.3) is 16.6 Å². The maximum atomic E-state index is 11.9. The quantitative estimate of drug-likeness (QED) is 0.190. The lowest BCUT2D eigenvalue weighted by Crippen LogP contribution is -2.11. The van der Waals surface area contributed by atoms with Gasteiger partial charge in [-0.3, -0.25) is 14.8 Å². The van der Waals surface area contributed by atoms with Gasteiger partial charge in [0.25, 0.3) is 0 Å². The number of aromatic nitrogens is 4. The Balaban J connectivity index is 1.71. The van der Waals surface area contributed by atoms with Crippen molar-refractivity contribution in [2.24, 2.45) is 0 Å². The number of hydrogen-bond acceptors (Lipinski definition) is 6. The second kappa shape index (κ2) is 12.4. The molecule has 0 radical (unpaired) electrons. The third kappa shape index (κ3) is 6.15. The molecule has 4 aromatic rings. The molecule has 0 amide bonds. The van der Waals surface area contributed by atoms with E-state index in [0.717, 1.165) is 70.4 Å². The molecule has 4 aromatic heterocycles. The number of nitrogens with zero attached hydrogens (tertiary/aromatic N) is 4. The number of carbonyl (C=O) groups excluding carboxylic acids is 1. The van der Waals surface area contributed by atoms with Gasteiger partial charge in [-0.1, -0.05) is 6.92 Å². The largest absolute Gasteiger partial charge is 0.466 e. The fraction of sp³-hybridized carbons (Fsp3) is 0.379. The molecule has 4 rings (SSSR count). The monoisotopic (exact) mass is 486 g/mol. The Morgan fingerprint density at radius 1 is 1.00 bits per heavy atom. The molecule has 4 heterocycles. The minimum Gasteiger partial charge on any atom is -0.466 e. The van der Waals surface area contributed by atoms with E-state index in [9.17, 15) is 4.79 Å². The van der Waals surface area contributed by atoms with Gasteiger partial charge in [-0.25, -0.2) is 4.52 Å². The summed E-state index contributed by atoms with van der Waals surface area (Å²) in [5.41, 5.74) is 8.66. The topological polar surface area (TPSA) is 78.6 Å². The summed E-state index contributed by atoms with van der Waals surface area (Å²) in [7, 11) is 0. The zero-order valence-corrected chi connectivity index (χ0v) is 21.4. The lowest BCUT2D eigenvalue weighted by molar-refractivity contribution is -0.143. The third-order valence-corrected chi connectivity index (χ3v) is 6.21. The molecule has 188 valence electrons. The molecule has 0 atom stereocenters. The van der Waals surface area contributed by atoms with Crippen LogP contribution in [0.4, 0.5) is 0 Å². The van der Waals surface area contributed by atoms with Gasteiger partial charge in [-0.15, -0.1) is 0 Å². The Morgan fingerprint density at radius 2 is 1.83 bits per heavy atom. The second-order valence-corrected chi connectivity index (χ2v) is 8.89. The van der Waals surface area contributed by atoms with Gasteiger partial charge in [0.2, 0.25) is 0 Å². The van der Waals surface area contributed by atoms with Gasteiger partial charge in [0.15, 0.2) is 0 Å². The summed E-state index contributed by atoms with van der Waals surface area (Å²) in [6.45, 7) is 7.32. The van der Waals surface area contributed by atoms with Crippen LogP contribution in [0.3, 0.4) is 0 Å². The molecule has 0 unspecified atom stereocenters. The van der Waals surface area contributed by atoms with Gasteiger partial charge in [0, 0.05) is 48.0 Å². The number of hydrogen-bond donors (Lipinski definition) is 0. The van der Waals surface area contributed by atoms with Crippen LogP contribution in [-0.2, 0) is 40.3 Å². The predicted molar refractivity (Wildman–Crippen MR) is 139 cm³/mol. The molecule has 0 aliphatic carbocycles. The van der Waals surface area contributed by atoms with Crippen LogP contribution in [0.5, 0.6) is 0 Å². The van der Waals surface area contributed by atoms with Crippen molar-refractivity contribution in [3.8, 4) is 11.1 Å². The van der Waals surface area contributed by atoms with Crippen molar-refractivity contribution in [3.05, 3.63) is 83.2 Å². The van der Waals surface area contributed by atoms with E-state index in [1.807, 2.05) is 36.0 Å². The number of unbranched alkanes of at least 4 members (excludes halogenated alkanes) is 1.